The number of rotatable bonds is 0. The van der Waals surface area contributed by atoms with E-state index >= 15 is 0 Å². The SMILES string of the molecule is c1ccc2cc3ccccc3cc2c1.c1cnccn1. The summed E-state index contributed by atoms with van der Waals surface area (Å²) in [6.45, 7) is 0. The van der Waals surface area contributed by atoms with Crippen LogP contribution in [0.1, 0.15) is 0 Å². The highest BCUT2D eigenvalue weighted by Gasteiger charge is 1.95. The fraction of sp³-hybridized carbons (Fsp3) is 0. The van der Waals surface area contributed by atoms with Gasteiger partial charge in [0.25, 0.3) is 0 Å². The third-order valence-electron chi connectivity index (χ3n) is 3.09. The van der Waals surface area contributed by atoms with Crippen molar-refractivity contribution in [2.24, 2.45) is 0 Å². The minimum Gasteiger partial charge on any atom is -0.262 e. The van der Waals surface area contributed by atoms with Gasteiger partial charge in [-0.3, -0.25) is 9.97 Å². The van der Waals surface area contributed by atoms with Crippen LogP contribution < -0.4 is 0 Å². The van der Waals surface area contributed by atoms with Crippen molar-refractivity contribution in [2.75, 3.05) is 0 Å². The molecule has 0 fully saturated rings. The number of nitrogens with zero attached hydrogens (tertiary/aromatic N) is 2. The average molecular weight is 258 g/mol. The Morgan fingerprint density at radius 1 is 0.450 bits per heavy atom. The van der Waals surface area contributed by atoms with Gasteiger partial charge in [0.2, 0.25) is 0 Å². The molecule has 96 valence electrons. The van der Waals surface area contributed by atoms with Crippen LogP contribution in [-0.2, 0) is 0 Å². The van der Waals surface area contributed by atoms with Gasteiger partial charge in [0.1, 0.15) is 0 Å². The van der Waals surface area contributed by atoms with Gasteiger partial charge in [-0.25, -0.2) is 0 Å². The Balaban J connectivity index is 0.000000170. The third-order valence-corrected chi connectivity index (χ3v) is 3.09. The monoisotopic (exact) mass is 258 g/mol. The molecule has 3 aromatic carbocycles. The molecule has 0 bridgehead atoms. The zero-order chi connectivity index (χ0) is 13.6. The molecule has 0 aliphatic rings. The Hall–Kier alpha value is -2.74. The number of hydrogen-bond donors (Lipinski definition) is 0. The Labute approximate surface area is 117 Å². The van der Waals surface area contributed by atoms with Crippen LogP contribution in [0.4, 0.5) is 0 Å². The van der Waals surface area contributed by atoms with Crippen LogP contribution in [0.15, 0.2) is 85.5 Å². The van der Waals surface area contributed by atoms with E-state index in [2.05, 4.69) is 70.6 Å². The largest absolute Gasteiger partial charge is 0.262 e. The van der Waals surface area contributed by atoms with Crippen LogP contribution in [0, 0.1) is 0 Å². The Kier molecular flexibility index (Phi) is 3.65. The average Bonchev–Trinajstić information content (AvgIpc) is 2.55. The summed E-state index contributed by atoms with van der Waals surface area (Å²) in [5.41, 5.74) is 0. The second-order valence-electron chi connectivity index (χ2n) is 4.44. The van der Waals surface area contributed by atoms with Gasteiger partial charge in [-0.2, -0.15) is 0 Å². The smallest absolute Gasteiger partial charge is 0.0451 e. The van der Waals surface area contributed by atoms with E-state index in [-0.39, 0.29) is 0 Å². The molecule has 2 heteroatoms. The summed E-state index contributed by atoms with van der Waals surface area (Å²) in [5.74, 6) is 0. The molecule has 0 unspecified atom stereocenters. The highest BCUT2D eigenvalue weighted by atomic mass is 14.7. The van der Waals surface area contributed by atoms with Crippen molar-refractivity contribution in [3.8, 4) is 0 Å². The van der Waals surface area contributed by atoms with Crippen LogP contribution in [0.25, 0.3) is 21.5 Å². The van der Waals surface area contributed by atoms with Crippen LogP contribution in [0.3, 0.4) is 0 Å². The predicted octanol–water partition coefficient (Wildman–Crippen LogP) is 4.47. The molecule has 0 saturated heterocycles. The van der Waals surface area contributed by atoms with Gasteiger partial charge in [0, 0.05) is 24.8 Å². The Bertz CT molecular complexity index is 679. The van der Waals surface area contributed by atoms with Crippen LogP contribution in [0.2, 0.25) is 0 Å². The first-order chi connectivity index (χ1) is 9.93. The van der Waals surface area contributed by atoms with E-state index in [4.69, 9.17) is 0 Å². The molecule has 1 aromatic heterocycles. The molecule has 0 N–H and O–H groups in total. The first-order valence-electron chi connectivity index (χ1n) is 6.51. The molecule has 0 aliphatic heterocycles. The summed E-state index contributed by atoms with van der Waals surface area (Å²) < 4.78 is 0. The van der Waals surface area contributed by atoms with E-state index < -0.39 is 0 Å². The van der Waals surface area contributed by atoms with Crippen LogP contribution in [-0.4, -0.2) is 9.97 Å². The van der Waals surface area contributed by atoms with E-state index in [0.717, 1.165) is 0 Å². The molecule has 0 saturated carbocycles. The van der Waals surface area contributed by atoms with Crippen molar-refractivity contribution in [1.29, 1.82) is 0 Å². The van der Waals surface area contributed by atoms with Crippen molar-refractivity contribution in [3.63, 3.8) is 0 Å². The lowest BCUT2D eigenvalue weighted by Gasteiger charge is -2.00. The Morgan fingerprint density at radius 3 is 1.00 bits per heavy atom. The van der Waals surface area contributed by atoms with Gasteiger partial charge < -0.3 is 0 Å². The lowest BCUT2D eigenvalue weighted by molar-refractivity contribution is 1.20. The van der Waals surface area contributed by atoms with Gasteiger partial charge in [-0.15, -0.1) is 0 Å². The van der Waals surface area contributed by atoms with E-state index in [1.807, 2.05) is 0 Å². The zero-order valence-electron chi connectivity index (χ0n) is 11.0. The molecule has 0 spiro atoms. The highest BCUT2D eigenvalue weighted by molar-refractivity contribution is 5.98. The molecule has 4 rings (SSSR count). The van der Waals surface area contributed by atoms with E-state index in [1.165, 1.54) is 21.5 Å². The van der Waals surface area contributed by atoms with Crippen molar-refractivity contribution in [2.45, 2.75) is 0 Å². The fourth-order valence-corrected chi connectivity index (χ4v) is 2.14. The molecule has 0 amide bonds. The molecule has 0 atom stereocenters. The quantitative estimate of drug-likeness (QED) is 0.435. The standard InChI is InChI=1S/C14H10.C4H4N2/c1-2-6-12-10-14-8-4-3-7-13(14)9-11(12)5-1;1-2-6-4-3-5-1/h1-10H;1-4H. The maximum Gasteiger partial charge on any atom is 0.0451 e. The number of aromatic nitrogens is 2. The molecule has 0 radical (unpaired) electrons. The molecule has 1 heterocycles. The van der Waals surface area contributed by atoms with E-state index in [1.54, 1.807) is 24.8 Å². The molecule has 4 aromatic rings. The summed E-state index contributed by atoms with van der Waals surface area (Å²) in [7, 11) is 0. The van der Waals surface area contributed by atoms with Crippen LogP contribution >= 0.6 is 0 Å². The normalized spacial score (nSPS) is 10.0. The van der Waals surface area contributed by atoms with Gasteiger partial charge in [-0.1, -0.05) is 48.5 Å². The van der Waals surface area contributed by atoms with E-state index in [0.29, 0.717) is 0 Å². The Morgan fingerprint density at radius 2 is 0.750 bits per heavy atom. The molecule has 20 heavy (non-hydrogen) atoms. The second kappa shape index (κ2) is 5.93. The minimum atomic E-state index is 1.31. The third kappa shape index (κ3) is 2.81. The second-order valence-corrected chi connectivity index (χ2v) is 4.44. The lowest BCUT2D eigenvalue weighted by Crippen LogP contribution is -1.74. The lowest BCUT2D eigenvalue weighted by atomic mass is 10.0. The van der Waals surface area contributed by atoms with Gasteiger partial charge in [0.15, 0.2) is 0 Å². The molecular weight excluding hydrogens is 244 g/mol. The topological polar surface area (TPSA) is 25.8 Å². The van der Waals surface area contributed by atoms with Gasteiger partial charge >= 0.3 is 0 Å². The summed E-state index contributed by atoms with van der Waals surface area (Å²) >= 11 is 0. The van der Waals surface area contributed by atoms with Crippen molar-refractivity contribution >= 4 is 21.5 Å². The molecule has 0 aliphatic carbocycles. The van der Waals surface area contributed by atoms with Crippen molar-refractivity contribution in [3.05, 3.63) is 85.5 Å². The predicted molar refractivity (Wildman–Crippen MR) is 83.5 cm³/mol. The first kappa shape index (κ1) is 12.3. The molecular formula is C18H14N2. The first-order valence-corrected chi connectivity index (χ1v) is 6.51. The maximum atomic E-state index is 3.72. The minimum absolute atomic E-state index is 1.31. The summed E-state index contributed by atoms with van der Waals surface area (Å²) in [4.78, 5) is 7.44. The summed E-state index contributed by atoms with van der Waals surface area (Å²) in [6, 6.07) is 21.4. The number of benzene rings is 3. The highest BCUT2D eigenvalue weighted by Crippen LogP contribution is 2.21. The maximum absolute atomic E-state index is 3.72. The van der Waals surface area contributed by atoms with Crippen molar-refractivity contribution < 1.29 is 0 Å². The molecule has 2 nitrogen and oxygen atoms in total. The zero-order valence-corrected chi connectivity index (χ0v) is 11.0. The summed E-state index contributed by atoms with van der Waals surface area (Å²) in [5, 5.41) is 5.25. The number of fused-ring (bicyclic) bond motifs is 2. The van der Waals surface area contributed by atoms with Crippen LogP contribution in [0.5, 0.6) is 0 Å². The number of hydrogen-bond acceptors (Lipinski definition) is 2. The van der Waals surface area contributed by atoms with Gasteiger partial charge in [0.05, 0.1) is 0 Å². The summed E-state index contributed by atoms with van der Waals surface area (Å²) in [6.07, 6.45) is 6.56. The van der Waals surface area contributed by atoms with Crippen molar-refractivity contribution in [1.82, 2.24) is 9.97 Å². The van der Waals surface area contributed by atoms with Gasteiger partial charge in [-0.05, 0) is 33.7 Å². The van der Waals surface area contributed by atoms with E-state index in [9.17, 15) is 0 Å². The fourth-order valence-electron chi connectivity index (χ4n) is 2.14.